The molecule has 13 heavy (non-hydrogen) atoms. The van der Waals surface area contributed by atoms with Gasteiger partial charge in [-0.3, -0.25) is 4.99 Å². The molecule has 0 aromatic heterocycles. The minimum absolute atomic E-state index is 0.925. The highest BCUT2D eigenvalue weighted by Crippen LogP contribution is 2.29. The molecule has 0 amide bonds. The van der Waals surface area contributed by atoms with Gasteiger partial charge in [0, 0.05) is 5.71 Å². The fraction of sp³-hybridized carbons (Fsp3) is 0.364. The molecule has 0 bridgehead atoms. The van der Waals surface area contributed by atoms with E-state index in [1.165, 1.54) is 11.3 Å². The van der Waals surface area contributed by atoms with Crippen LogP contribution in [0.1, 0.15) is 18.9 Å². The summed E-state index contributed by atoms with van der Waals surface area (Å²) in [6.07, 6.45) is 2.15. The summed E-state index contributed by atoms with van der Waals surface area (Å²) in [6.45, 7) is 2.08. The van der Waals surface area contributed by atoms with E-state index in [-0.39, 0.29) is 0 Å². The standard InChI is InChI=1S/C11H13NO/c1-8-3-4-9-7-10(13-2)5-6-11(9)12-8/h5-7H,3-4H2,1-2H3. The topological polar surface area (TPSA) is 21.6 Å². The van der Waals surface area contributed by atoms with Crippen molar-refractivity contribution in [2.75, 3.05) is 7.11 Å². The molecule has 0 unspecified atom stereocenters. The van der Waals surface area contributed by atoms with E-state index >= 15 is 0 Å². The van der Waals surface area contributed by atoms with Crippen molar-refractivity contribution in [3.8, 4) is 5.75 Å². The first-order valence-corrected chi connectivity index (χ1v) is 4.50. The molecule has 0 aliphatic carbocycles. The van der Waals surface area contributed by atoms with Gasteiger partial charge in [0.25, 0.3) is 0 Å². The molecule has 68 valence electrons. The van der Waals surface area contributed by atoms with E-state index < -0.39 is 0 Å². The molecule has 0 N–H and O–H groups in total. The Bertz CT molecular complexity index is 355. The van der Waals surface area contributed by atoms with Crippen LogP contribution >= 0.6 is 0 Å². The molecular formula is C11H13NO. The lowest BCUT2D eigenvalue weighted by Gasteiger charge is -2.13. The number of methoxy groups -OCH3 is 1. The van der Waals surface area contributed by atoms with E-state index in [1.807, 2.05) is 12.1 Å². The lowest BCUT2D eigenvalue weighted by atomic mass is 10.0. The summed E-state index contributed by atoms with van der Waals surface area (Å²) in [7, 11) is 1.69. The highest BCUT2D eigenvalue weighted by atomic mass is 16.5. The van der Waals surface area contributed by atoms with E-state index in [4.69, 9.17) is 4.74 Å². The molecule has 0 saturated heterocycles. The molecular weight excluding hydrogens is 162 g/mol. The number of aryl methyl sites for hydroxylation is 1. The van der Waals surface area contributed by atoms with Crippen molar-refractivity contribution in [1.82, 2.24) is 0 Å². The second kappa shape index (κ2) is 3.21. The maximum absolute atomic E-state index is 5.16. The maximum Gasteiger partial charge on any atom is 0.119 e. The molecule has 1 aromatic carbocycles. The Labute approximate surface area is 78.3 Å². The van der Waals surface area contributed by atoms with Crippen LogP contribution in [0.5, 0.6) is 5.75 Å². The molecule has 0 fully saturated rings. The number of nitrogens with zero attached hydrogens (tertiary/aromatic N) is 1. The van der Waals surface area contributed by atoms with Crippen LogP contribution in [0.4, 0.5) is 5.69 Å². The molecule has 0 saturated carbocycles. The average molecular weight is 175 g/mol. The van der Waals surface area contributed by atoms with E-state index in [1.54, 1.807) is 7.11 Å². The molecule has 2 heteroatoms. The number of benzene rings is 1. The highest BCUT2D eigenvalue weighted by Gasteiger charge is 2.09. The lowest BCUT2D eigenvalue weighted by molar-refractivity contribution is 0.414. The predicted octanol–water partition coefficient (Wildman–Crippen LogP) is 2.73. The number of hydrogen-bond donors (Lipinski definition) is 0. The number of rotatable bonds is 1. The first kappa shape index (κ1) is 8.30. The van der Waals surface area contributed by atoms with Crippen LogP contribution in [0.25, 0.3) is 0 Å². The minimum atomic E-state index is 0.925. The summed E-state index contributed by atoms with van der Waals surface area (Å²) in [5.74, 6) is 0.925. The van der Waals surface area contributed by atoms with E-state index in [2.05, 4.69) is 18.0 Å². The van der Waals surface area contributed by atoms with Crippen LogP contribution in [-0.2, 0) is 6.42 Å². The third-order valence-corrected chi connectivity index (χ3v) is 2.35. The lowest BCUT2D eigenvalue weighted by Crippen LogP contribution is -2.01. The van der Waals surface area contributed by atoms with Crippen molar-refractivity contribution in [2.24, 2.45) is 4.99 Å². The Morgan fingerprint density at radius 3 is 2.92 bits per heavy atom. The Hall–Kier alpha value is -1.31. The van der Waals surface area contributed by atoms with Gasteiger partial charge in [-0.15, -0.1) is 0 Å². The van der Waals surface area contributed by atoms with Crippen molar-refractivity contribution >= 4 is 11.4 Å². The summed E-state index contributed by atoms with van der Waals surface area (Å²) < 4.78 is 5.16. The van der Waals surface area contributed by atoms with Gasteiger partial charge in [-0.2, -0.15) is 0 Å². The number of ether oxygens (including phenoxy) is 1. The summed E-state index contributed by atoms with van der Waals surface area (Å²) in [5.41, 5.74) is 3.62. The first-order valence-electron chi connectivity index (χ1n) is 4.50. The van der Waals surface area contributed by atoms with Gasteiger partial charge in [-0.25, -0.2) is 0 Å². The van der Waals surface area contributed by atoms with Gasteiger partial charge in [0.1, 0.15) is 5.75 Å². The van der Waals surface area contributed by atoms with E-state index in [0.717, 1.165) is 24.3 Å². The average Bonchev–Trinajstić information content (AvgIpc) is 2.17. The van der Waals surface area contributed by atoms with Gasteiger partial charge in [0.2, 0.25) is 0 Å². The summed E-state index contributed by atoms with van der Waals surface area (Å²) >= 11 is 0. The molecule has 1 aliphatic heterocycles. The molecule has 2 rings (SSSR count). The van der Waals surface area contributed by atoms with Crippen molar-refractivity contribution < 1.29 is 4.74 Å². The third-order valence-electron chi connectivity index (χ3n) is 2.35. The largest absolute Gasteiger partial charge is 0.497 e. The van der Waals surface area contributed by atoms with E-state index in [9.17, 15) is 0 Å². The number of fused-ring (bicyclic) bond motifs is 1. The molecule has 0 radical (unpaired) electrons. The second-order valence-corrected chi connectivity index (χ2v) is 3.34. The quantitative estimate of drug-likeness (QED) is 0.643. The van der Waals surface area contributed by atoms with Gasteiger partial charge in [-0.1, -0.05) is 0 Å². The van der Waals surface area contributed by atoms with Gasteiger partial charge in [0.05, 0.1) is 12.8 Å². The molecule has 1 heterocycles. The molecule has 0 spiro atoms. The Balaban J connectivity index is 2.43. The van der Waals surface area contributed by atoms with Gasteiger partial charge in [0.15, 0.2) is 0 Å². The molecule has 0 atom stereocenters. The van der Waals surface area contributed by atoms with Crippen LogP contribution in [0, 0.1) is 0 Å². The fourth-order valence-electron chi connectivity index (χ4n) is 1.58. The monoisotopic (exact) mass is 175 g/mol. The maximum atomic E-state index is 5.16. The van der Waals surface area contributed by atoms with Crippen LogP contribution in [0.2, 0.25) is 0 Å². The second-order valence-electron chi connectivity index (χ2n) is 3.34. The van der Waals surface area contributed by atoms with Gasteiger partial charge >= 0.3 is 0 Å². The SMILES string of the molecule is COc1ccc2c(c1)CCC(C)=N2. The van der Waals surface area contributed by atoms with Crippen molar-refractivity contribution in [2.45, 2.75) is 19.8 Å². The number of aliphatic imine (C=N–C) groups is 1. The van der Waals surface area contributed by atoms with Gasteiger partial charge in [-0.05, 0) is 43.5 Å². The molecule has 2 nitrogen and oxygen atoms in total. The zero-order chi connectivity index (χ0) is 9.26. The molecule has 1 aromatic rings. The Morgan fingerprint density at radius 1 is 1.31 bits per heavy atom. The van der Waals surface area contributed by atoms with E-state index in [0.29, 0.717) is 0 Å². The van der Waals surface area contributed by atoms with Crippen molar-refractivity contribution in [1.29, 1.82) is 0 Å². The molecule has 1 aliphatic rings. The third kappa shape index (κ3) is 1.57. The summed E-state index contributed by atoms with van der Waals surface area (Å²) in [4.78, 5) is 4.48. The van der Waals surface area contributed by atoms with Crippen LogP contribution in [-0.4, -0.2) is 12.8 Å². The van der Waals surface area contributed by atoms with Crippen LogP contribution in [0.3, 0.4) is 0 Å². The highest BCUT2D eigenvalue weighted by molar-refractivity contribution is 5.87. The normalized spacial score (nSPS) is 14.8. The van der Waals surface area contributed by atoms with Crippen molar-refractivity contribution in [3.63, 3.8) is 0 Å². The Morgan fingerprint density at radius 2 is 2.15 bits per heavy atom. The van der Waals surface area contributed by atoms with Crippen LogP contribution in [0.15, 0.2) is 23.2 Å². The number of hydrogen-bond acceptors (Lipinski definition) is 2. The van der Waals surface area contributed by atoms with Crippen molar-refractivity contribution in [3.05, 3.63) is 23.8 Å². The smallest absolute Gasteiger partial charge is 0.119 e. The zero-order valence-corrected chi connectivity index (χ0v) is 8.00. The minimum Gasteiger partial charge on any atom is -0.497 e. The van der Waals surface area contributed by atoms with Crippen LogP contribution < -0.4 is 4.74 Å². The zero-order valence-electron chi connectivity index (χ0n) is 8.00. The fourth-order valence-corrected chi connectivity index (χ4v) is 1.58. The van der Waals surface area contributed by atoms with Gasteiger partial charge < -0.3 is 4.74 Å². The Kier molecular flexibility index (Phi) is 2.05. The first-order chi connectivity index (χ1) is 6.29. The predicted molar refractivity (Wildman–Crippen MR) is 54.1 cm³/mol. The summed E-state index contributed by atoms with van der Waals surface area (Å²) in [5, 5.41) is 0. The summed E-state index contributed by atoms with van der Waals surface area (Å²) in [6, 6.07) is 6.06.